The zero-order chi connectivity index (χ0) is 9.26. The van der Waals surface area contributed by atoms with E-state index >= 15 is 0 Å². The van der Waals surface area contributed by atoms with E-state index in [1.807, 2.05) is 35.7 Å². The fraction of sp³-hybridized carbons (Fsp3) is 0. The highest BCUT2D eigenvalue weighted by Gasteiger charge is 2.06. The van der Waals surface area contributed by atoms with E-state index < -0.39 is 0 Å². The lowest BCUT2D eigenvalue weighted by atomic mass is 10.2. The molecular formula is C10H8ClNS. The van der Waals surface area contributed by atoms with Crippen LogP contribution >= 0.6 is 22.9 Å². The number of hydrogen-bond donors (Lipinski definition) is 1. The molecule has 2 N–H and O–H groups in total. The Labute approximate surface area is 85.8 Å². The average molecular weight is 210 g/mol. The van der Waals surface area contributed by atoms with Crippen molar-refractivity contribution in [3.05, 3.63) is 40.7 Å². The largest absolute Gasteiger partial charge is 0.398 e. The van der Waals surface area contributed by atoms with Crippen LogP contribution in [-0.4, -0.2) is 0 Å². The first kappa shape index (κ1) is 8.60. The molecule has 0 spiro atoms. The summed E-state index contributed by atoms with van der Waals surface area (Å²) in [5.41, 5.74) is 7.59. The first-order valence-corrected chi connectivity index (χ1v) is 5.12. The summed E-state index contributed by atoms with van der Waals surface area (Å²) >= 11 is 7.65. The summed E-state index contributed by atoms with van der Waals surface area (Å²) in [6.07, 6.45) is 0. The SMILES string of the molecule is Nc1ccsc1-c1ccccc1Cl. The molecule has 13 heavy (non-hydrogen) atoms. The number of thiophene rings is 1. The summed E-state index contributed by atoms with van der Waals surface area (Å²) in [6, 6.07) is 9.61. The Morgan fingerprint density at radius 1 is 1.15 bits per heavy atom. The normalized spacial score (nSPS) is 10.2. The van der Waals surface area contributed by atoms with Crippen LogP contribution in [0.5, 0.6) is 0 Å². The van der Waals surface area contributed by atoms with Gasteiger partial charge in [-0.2, -0.15) is 0 Å². The fourth-order valence-corrected chi connectivity index (χ4v) is 2.33. The van der Waals surface area contributed by atoms with E-state index in [4.69, 9.17) is 17.3 Å². The monoisotopic (exact) mass is 209 g/mol. The molecule has 1 aromatic carbocycles. The Balaban J connectivity index is 2.59. The molecule has 3 heteroatoms. The smallest absolute Gasteiger partial charge is 0.0587 e. The third kappa shape index (κ3) is 1.55. The van der Waals surface area contributed by atoms with Crippen LogP contribution in [0.4, 0.5) is 5.69 Å². The maximum atomic E-state index is 6.04. The van der Waals surface area contributed by atoms with E-state index in [2.05, 4.69) is 0 Å². The highest BCUT2D eigenvalue weighted by Crippen LogP contribution is 2.35. The van der Waals surface area contributed by atoms with Gasteiger partial charge in [0.1, 0.15) is 0 Å². The van der Waals surface area contributed by atoms with Crippen LogP contribution in [0.25, 0.3) is 10.4 Å². The zero-order valence-corrected chi connectivity index (χ0v) is 8.40. The number of nitrogens with two attached hydrogens (primary N) is 1. The molecule has 1 aromatic heterocycles. The van der Waals surface area contributed by atoms with E-state index in [-0.39, 0.29) is 0 Å². The lowest BCUT2D eigenvalue weighted by Crippen LogP contribution is -1.83. The molecule has 1 heterocycles. The molecule has 0 saturated carbocycles. The van der Waals surface area contributed by atoms with Gasteiger partial charge in [0.2, 0.25) is 0 Å². The minimum atomic E-state index is 0.747. The van der Waals surface area contributed by atoms with Crippen molar-refractivity contribution in [1.82, 2.24) is 0 Å². The van der Waals surface area contributed by atoms with Gasteiger partial charge in [0, 0.05) is 10.6 Å². The van der Waals surface area contributed by atoms with Crippen LogP contribution in [0.1, 0.15) is 0 Å². The van der Waals surface area contributed by atoms with Crippen molar-refractivity contribution < 1.29 is 0 Å². The molecule has 1 nitrogen and oxygen atoms in total. The molecule has 0 atom stereocenters. The van der Waals surface area contributed by atoms with Gasteiger partial charge in [0.25, 0.3) is 0 Å². The second-order valence-corrected chi connectivity index (χ2v) is 4.01. The van der Waals surface area contributed by atoms with E-state index in [9.17, 15) is 0 Å². The van der Waals surface area contributed by atoms with Crippen LogP contribution < -0.4 is 5.73 Å². The van der Waals surface area contributed by atoms with Crippen molar-refractivity contribution in [2.45, 2.75) is 0 Å². The molecule has 0 saturated heterocycles. The van der Waals surface area contributed by atoms with Gasteiger partial charge in [-0.05, 0) is 17.5 Å². The van der Waals surface area contributed by atoms with Crippen molar-refractivity contribution in [3.8, 4) is 10.4 Å². The molecule has 2 rings (SSSR count). The van der Waals surface area contributed by atoms with Crippen LogP contribution in [0.15, 0.2) is 35.7 Å². The quantitative estimate of drug-likeness (QED) is 0.763. The predicted molar refractivity (Wildman–Crippen MR) is 59.2 cm³/mol. The molecule has 0 fully saturated rings. The second-order valence-electron chi connectivity index (χ2n) is 2.68. The van der Waals surface area contributed by atoms with Gasteiger partial charge >= 0.3 is 0 Å². The molecule has 0 aliphatic heterocycles. The van der Waals surface area contributed by atoms with Gasteiger partial charge in [-0.15, -0.1) is 11.3 Å². The molecule has 2 aromatic rings. The fourth-order valence-electron chi connectivity index (χ4n) is 1.18. The van der Waals surface area contributed by atoms with Gasteiger partial charge < -0.3 is 5.73 Å². The lowest BCUT2D eigenvalue weighted by molar-refractivity contribution is 1.69. The Morgan fingerprint density at radius 2 is 1.92 bits per heavy atom. The summed E-state index contributed by atoms with van der Waals surface area (Å²) in [5, 5.41) is 2.71. The van der Waals surface area contributed by atoms with E-state index in [1.165, 1.54) is 0 Å². The molecule has 0 unspecified atom stereocenters. The summed E-state index contributed by atoms with van der Waals surface area (Å²) in [4.78, 5) is 1.05. The first-order chi connectivity index (χ1) is 6.29. The van der Waals surface area contributed by atoms with E-state index in [0.717, 1.165) is 21.2 Å². The third-order valence-corrected chi connectivity index (χ3v) is 3.11. The van der Waals surface area contributed by atoms with Crippen molar-refractivity contribution in [1.29, 1.82) is 0 Å². The minimum Gasteiger partial charge on any atom is -0.398 e. The molecule has 66 valence electrons. The third-order valence-electron chi connectivity index (χ3n) is 1.81. The summed E-state index contributed by atoms with van der Waals surface area (Å²) in [7, 11) is 0. The van der Waals surface area contributed by atoms with Crippen molar-refractivity contribution in [2.75, 3.05) is 5.73 Å². The minimum absolute atomic E-state index is 0.747. The lowest BCUT2D eigenvalue weighted by Gasteiger charge is -2.01. The number of nitrogen functional groups attached to an aromatic ring is 1. The van der Waals surface area contributed by atoms with Crippen LogP contribution in [0, 0.1) is 0 Å². The number of halogens is 1. The molecule has 0 bridgehead atoms. The molecule has 0 aliphatic carbocycles. The summed E-state index contributed by atoms with van der Waals surface area (Å²) in [5.74, 6) is 0. The van der Waals surface area contributed by atoms with Crippen LogP contribution in [-0.2, 0) is 0 Å². The molecule has 0 amide bonds. The van der Waals surface area contributed by atoms with Gasteiger partial charge in [-0.3, -0.25) is 0 Å². The number of rotatable bonds is 1. The van der Waals surface area contributed by atoms with Crippen molar-refractivity contribution in [2.24, 2.45) is 0 Å². The molecule has 0 aliphatic rings. The van der Waals surface area contributed by atoms with Crippen molar-refractivity contribution in [3.63, 3.8) is 0 Å². The average Bonchev–Trinajstić information content (AvgIpc) is 2.52. The van der Waals surface area contributed by atoms with Gasteiger partial charge in [0.15, 0.2) is 0 Å². The van der Waals surface area contributed by atoms with Gasteiger partial charge in [-0.1, -0.05) is 29.8 Å². The number of hydrogen-bond acceptors (Lipinski definition) is 2. The summed E-state index contributed by atoms with van der Waals surface area (Å²) in [6.45, 7) is 0. The Bertz CT molecular complexity index is 422. The highest BCUT2D eigenvalue weighted by atomic mass is 35.5. The van der Waals surface area contributed by atoms with Crippen LogP contribution in [0.3, 0.4) is 0 Å². The maximum Gasteiger partial charge on any atom is 0.0587 e. The highest BCUT2D eigenvalue weighted by molar-refractivity contribution is 7.14. The number of benzene rings is 1. The van der Waals surface area contributed by atoms with Crippen LogP contribution in [0.2, 0.25) is 5.02 Å². The predicted octanol–water partition coefficient (Wildman–Crippen LogP) is 3.65. The number of anilines is 1. The first-order valence-electron chi connectivity index (χ1n) is 3.87. The van der Waals surface area contributed by atoms with Crippen molar-refractivity contribution >= 4 is 28.6 Å². The zero-order valence-electron chi connectivity index (χ0n) is 6.83. The van der Waals surface area contributed by atoms with Gasteiger partial charge in [0.05, 0.1) is 10.6 Å². The molecular weight excluding hydrogens is 202 g/mol. The maximum absolute atomic E-state index is 6.04. The molecule has 0 radical (unpaired) electrons. The van der Waals surface area contributed by atoms with E-state index in [1.54, 1.807) is 11.3 Å². The standard InChI is InChI=1S/C10H8ClNS/c11-8-4-2-1-3-7(8)10-9(12)5-6-13-10/h1-6H,12H2. The Kier molecular flexibility index (Phi) is 2.25. The summed E-state index contributed by atoms with van der Waals surface area (Å²) < 4.78 is 0. The van der Waals surface area contributed by atoms with E-state index in [0.29, 0.717) is 0 Å². The Hall–Kier alpha value is -0.990. The van der Waals surface area contributed by atoms with Gasteiger partial charge in [-0.25, -0.2) is 0 Å². The topological polar surface area (TPSA) is 26.0 Å². The second kappa shape index (κ2) is 3.40. The Morgan fingerprint density at radius 3 is 2.54 bits per heavy atom.